The monoisotopic (exact) mass is 254 g/mol. The van der Waals surface area contributed by atoms with Crippen molar-refractivity contribution in [3.05, 3.63) is 23.3 Å². The summed E-state index contributed by atoms with van der Waals surface area (Å²) in [6, 6.07) is 3.79. The maximum absolute atomic E-state index is 9.52. The van der Waals surface area contributed by atoms with Crippen LogP contribution < -0.4 is 9.47 Å². The topological polar surface area (TPSA) is 47.9 Å². The van der Waals surface area contributed by atoms with Crippen LogP contribution in [0.3, 0.4) is 0 Å². The van der Waals surface area contributed by atoms with Gasteiger partial charge in [-0.2, -0.15) is 0 Å². The molecule has 0 radical (unpaired) electrons. The highest BCUT2D eigenvalue weighted by atomic mass is 16.5. The van der Waals surface area contributed by atoms with Crippen LogP contribution in [0.15, 0.2) is 12.1 Å². The lowest BCUT2D eigenvalue weighted by atomic mass is 9.83. The quantitative estimate of drug-likeness (QED) is 0.844. The van der Waals surface area contributed by atoms with Crippen molar-refractivity contribution in [2.75, 3.05) is 27.9 Å². The number of aliphatic hydroxyl groups excluding tert-OH is 1. The highest BCUT2D eigenvalue weighted by Gasteiger charge is 2.26. The van der Waals surface area contributed by atoms with Gasteiger partial charge in [0.25, 0.3) is 0 Å². The van der Waals surface area contributed by atoms with Crippen LogP contribution in [-0.4, -0.2) is 33.0 Å². The SMILES string of the molecule is COCc1cc(OC)cc(C(C)(C)CO)c1OC. The molecule has 0 aliphatic carbocycles. The van der Waals surface area contributed by atoms with E-state index in [1.54, 1.807) is 21.3 Å². The van der Waals surface area contributed by atoms with Crippen molar-refractivity contribution in [3.8, 4) is 11.5 Å². The Kier molecular flexibility index (Phi) is 4.99. The minimum atomic E-state index is -0.400. The lowest BCUT2D eigenvalue weighted by Gasteiger charge is -2.26. The van der Waals surface area contributed by atoms with E-state index in [9.17, 15) is 5.11 Å². The van der Waals surface area contributed by atoms with Gasteiger partial charge in [-0.25, -0.2) is 0 Å². The van der Waals surface area contributed by atoms with Crippen LogP contribution in [0.5, 0.6) is 11.5 Å². The summed E-state index contributed by atoms with van der Waals surface area (Å²) >= 11 is 0. The lowest BCUT2D eigenvalue weighted by molar-refractivity contribution is 0.179. The molecule has 18 heavy (non-hydrogen) atoms. The number of ether oxygens (including phenoxy) is 3. The molecule has 4 heteroatoms. The van der Waals surface area contributed by atoms with Gasteiger partial charge >= 0.3 is 0 Å². The number of rotatable bonds is 6. The Morgan fingerprint density at radius 3 is 2.22 bits per heavy atom. The fourth-order valence-corrected chi connectivity index (χ4v) is 1.87. The van der Waals surface area contributed by atoms with Crippen LogP contribution in [-0.2, 0) is 16.8 Å². The fourth-order valence-electron chi connectivity index (χ4n) is 1.87. The van der Waals surface area contributed by atoms with Crippen LogP contribution in [0.1, 0.15) is 25.0 Å². The molecule has 0 saturated heterocycles. The van der Waals surface area contributed by atoms with E-state index in [2.05, 4.69) is 0 Å². The Morgan fingerprint density at radius 2 is 1.78 bits per heavy atom. The van der Waals surface area contributed by atoms with Gasteiger partial charge in [-0.3, -0.25) is 0 Å². The minimum Gasteiger partial charge on any atom is -0.497 e. The van der Waals surface area contributed by atoms with E-state index in [4.69, 9.17) is 14.2 Å². The summed E-state index contributed by atoms with van der Waals surface area (Å²) in [6.45, 7) is 4.39. The van der Waals surface area contributed by atoms with Crippen LogP contribution in [0.4, 0.5) is 0 Å². The maximum atomic E-state index is 9.52. The number of methoxy groups -OCH3 is 3. The minimum absolute atomic E-state index is 0.0307. The number of hydrogen-bond acceptors (Lipinski definition) is 4. The van der Waals surface area contributed by atoms with Crippen LogP contribution >= 0.6 is 0 Å². The van der Waals surface area contributed by atoms with E-state index in [0.717, 1.165) is 22.6 Å². The molecular weight excluding hydrogens is 232 g/mol. The van der Waals surface area contributed by atoms with E-state index in [1.807, 2.05) is 26.0 Å². The molecule has 0 bridgehead atoms. The molecule has 0 aliphatic rings. The Labute approximate surface area is 108 Å². The van der Waals surface area contributed by atoms with Crippen molar-refractivity contribution in [1.82, 2.24) is 0 Å². The zero-order valence-electron chi connectivity index (χ0n) is 11.7. The van der Waals surface area contributed by atoms with Crippen molar-refractivity contribution in [1.29, 1.82) is 0 Å². The number of benzene rings is 1. The summed E-state index contributed by atoms with van der Waals surface area (Å²) in [5, 5.41) is 9.52. The van der Waals surface area contributed by atoms with E-state index in [0.29, 0.717) is 6.61 Å². The second-order valence-corrected chi connectivity index (χ2v) is 4.84. The molecule has 0 aromatic heterocycles. The van der Waals surface area contributed by atoms with Gasteiger partial charge in [-0.1, -0.05) is 13.8 Å². The Balaban J connectivity index is 3.42. The third kappa shape index (κ3) is 2.94. The van der Waals surface area contributed by atoms with Gasteiger partial charge in [-0.15, -0.1) is 0 Å². The molecule has 0 spiro atoms. The molecule has 1 aromatic carbocycles. The first-order chi connectivity index (χ1) is 8.50. The highest BCUT2D eigenvalue weighted by molar-refractivity contribution is 5.50. The van der Waals surface area contributed by atoms with E-state index >= 15 is 0 Å². The van der Waals surface area contributed by atoms with Crippen molar-refractivity contribution < 1.29 is 19.3 Å². The zero-order chi connectivity index (χ0) is 13.8. The molecular formula is C14H22O4. The van der Waals surface area contributed by atoms with Gasteiger partial charge in [0.05, 0.1) is 27.4 Å². The molecule has 1 rings (SSSR count). The lowest BCUT2D eigenvalue weighted by Crippen LogP contribution is -2.23. The first-order valence-electron chi connectivity index (χ1n) is 5.85. The summed E-state index contributed by atoms with van der Waals surface area (Å²) in [5.41, 5.74) is 1.43. The maximum Gasteiger partial charge on any atom is 0.128 e. The molecule has 0 unspecified atom stereocenters. The standard InChI is InChI=1S/C14H22O4/c1-14(2,9-15)12-7-11(17-4)6-10(8-16-3)13(12)18-5/h6-7,15H,8-9H2,1-5H3. The predicted octanol–water partition coefficient (Wildman–Crippen LogP) is 2.12. The number of hydrogen-bond donors (Lipinski definition) is 1. The van der Waals surface area contributed by atoms with Crippen LogP contribution in [0, 0.1) is 0 Å². The Hall–Kier alpha value is -1.26. The van der Waals surface area contributed by atoms with Gasteiger partial charge in [0.1, 0.15) is 11.5 Å². The molecule has 4 nitrogen and oxygen atoms in total. The predicted molar refractivity (Wildman–Crippen MR) is 70.4 cm³/mol. The van der Waals surface area contributed by atoms with Crippen LogP contribution in [0.2, 0.25) is 0 Å². The Bertz CT molecular complexity index is 399. The van der Waals surface area contributed by atoms with E-state index in [-0.39, 0.29) is 6.61 Å². The summed E-state index contributed by atoms with van der Waals surface area (Å²) in [7, 11) is 4.88. The molecule has 0 atom stereocenters. The molecule has 0 heterocycles. The average Bonchev–Trinajstić information content (AvgIpc) is 2.38. The zero-order valence-corrected chi connectivity index (χ0v) is 11.7. The van der Waals surface area contributed by atoms with Crippen molar-refractivity contribution in [2.45, 2.75) is 25.9 Å². The largest absolute Gasteiger partial charge is 0.497 e. The number of aliphatic hydroxyl groups is 1. The first kappa shape index (κ1) is 14.8. The summed E-state index contributed by atoms with van der Waals surface area (Å²) in [5.74, 6) is 1.48. The Morgan fingerprint density at radius 1 is 1.11 bits per heavy atom. The average molecular weight is 254 g/mol. The molecule has 0 aliphatic heterocycles. The molecule has 1 aromatic rings. The van der Waals surface area contributed by atoms with Crippen LogP contribution in [0.25, 0.3) is 0 Å². The fraction of sp³-hybridized carbons (Fsp3) is 0.571. The second-order valence-electron chi connectivity index (χ2n) is 4.84. The highest BCUT2D eigenvalue weighted by Crippen LogP contribution is 2.37. The van der Waals surface area contributed by atoms with Gasteiger partial charge in [0, 0.05) is 23.7 Å². The molecule has 102 valence electrons. The van der Waals surface area contributed by atoms with Crippen molar-refractivity contribution >= 4 is 0 Å². The smallest absolute Gasteiger partial charge is 0.128 e. The summed E-state index contributed by atoms with van der Waals surface area (Å²) < 4.78 is 15.9. The van der Waals surface area contributed by atoms with E-state index < -0.39 is 5.41 Å². The third-order valence-corrected chi connectivity index (χ3v) is 3.00. The summed E-state index contributed by atoms with van der Waals surface area (Å²) in [4.78, 5) is 0. The van der Waals surface area contributed by atoms with Gasteiger partial charge in [0.15, 0.2) is 0 Å². The van der Waals surface area contributed by atoms with Crippen molar-refractivity contribution in [2.24, 2.45) is 0 Å². The molecule has 0 amide bonds. The third-order valence-electron chi connectivity index (χ3n) is 3.00. The van der Waals surface area contributed by atoms with E-state index in [1.165, 1.54) is 0 Å². The molecule has 0 fully saturated rings. The van der Waals surface area contributed by atoms with Gasteiger partial charge < -0.3 is 19.3 Å². The first-order valence-corrected chi connectivity index (χ1v) is 5.85. The van der Waals surface area contributed by atoms with Crippen molar-refractivity contribution in [3.63, 3.8) is 0 Å². The normalized spacial score (nSPS) is 11.4. The summed E-state index contributed by atoms with van der Waals surface area (Å²) in [6.07, 6.45) is 0. The van der Waals surface area contributed by atoms with Gasteiger partial charge in [0.2, 0.25) is 0 Å². The second kappa shape index (κ2) is 6.07. The molecule has 1 N–H and O–H groups in total. The van der Waals surface area contributed by atoms with Gasteiger partial charge in [-0.05, 0) is 12.1 Å². The molecule has 0 saturated carbocycles.